The highest BCUT2D eigenvalue weighted by Gasteiger charge is 2.20. The Labute approximate surface area is 158 Å². The van der Waals surface area contributed by atoms with Crippen molar-refractivity contribution in [3.05, 3.63) is 59.1 Å². The molecule has 6 nitrogen and oxygen atoms in total. The standard InChI is InChI=1S/C18H21ClN2O4S/c1-3-25-16-10-8-15(9-11-16)20-18(22)12-17(21-26(2,23)24)13-4-6-14(19)7-5-13/h4-11,17,21H,3,12H2,1-2H3,(H,20,22)/t17-/m1/s1. The van der Waals surface area contributed by atoms with Crippen LogP contribution in [0.1, 0.15) is 24.9 Å². The smallest absolute Gasteiger partial charge is 0.226 e. The molecule has 0 unspecified atom stereocenters. The third kappa shape index (κ3) is 6.67. The Morgan fingerprint density at radius 3 is 2.27 bits per heavy atom. The van der Waals surface area contributed by atoms with Crippen LogP contribution < -0.4 is 14.8 Å². The third-order valence-corrected chi connectivity index (χ3v) is 4.43. The number of amides is 1. The maximum absolute atomic E-state index is 12.4. The second-order valence-corrected chi connectivity index (χ2v) is 7.92. The number of anilines is 1. The topological polar surface area (TPSA) is 84.5 Å². The number of nitrogens with one attached hydrogen (secondary N) is 2. The summed E-state index contributed by atoms with van der Waals surface area (Å²) in [5.41, 5.74) is 1.26. The molecule has 0 fully saturated rings. The molecular weight excluding hydrogens is 376 g/mol. The number of rotatable bonds is 8. The average molecular weight is 397 g/mol. The molecule has 26 heavy (non-hydrogen) atoms. The monoisotopic (exact) mass is 396 g/mol. The van der Waals surface area contributed by atoms with E-state index in [4.69, 9.17) is 16.3 Å². The molecule has 0 saturated carbocycles. The Bertz CT molecular complexity index is 836. The quantitative estimate of drug-likeness (QED) is 0.716. The summed E-state index contributed by atoms with van der Waals surface area (Å²) in [6, 6.07) is 13.0. The molecule has 0 heterocycles. The second kappa shape index (κ2) is 9.02. The van der Waals surface area contributed by atoms with Crippen LogP contribution in [0.5, 0.6) is 5.75 Å². The van der Waals surface area contributed by atoms with Crippen molar-refractivity contribution in [3.8, 4) is 5.75 Å². The molecule has 0 aliphatic carbocycles. The Hall–Kier alpha value is -2.09. The lowest BCUT2D eigenvalue weighted by Crippen LogP contribution is -2.30. The summed E-state index contributed by atoms with van der Waals surface area (Å²) in [4.78, 5) is 12.4. The summed E-state index contributed by atoms with van der Waals surface area (Å²) in [6.45, 7) is 2.45. The van der Waals surface area contributed by atoms with Gasteiger partial charge in [0.15, 0.2) is 0 Å². The lowest BCUT2D eigenvalue weighted by Gasteiger charge is -2.18. The first-order valence-corrected chi connectivity index (χ1v) is 10.3. The van der Waals surface area contributed by atoms with Gasteiger partial charge in [-0.15, -0.1) is 0 Å². The van der Waals surface area contributed by atoms with E-state index in [9.17, 15) is 13.2 Å². The van der Waals surface area contributed by atoms with Crippen LogP contribution in [0.3, 0.4) is 0 Å². The molecule has 0 bridgehead atoms. The molecule has 0 aliphatic heterocycles. The maximum Gasteiger partial charge on any atom is 0.226 e. The summed E-state index contributed by atoms with van der Waals surface area (Å²) in [5, 5.41) is 3.29. The predicted molar refractivity (Wildman–Crippen MR) is 103 cm³/mol. The van der Waals surface area contributed by atoms with Crippen molar-refractivity contribution >= 4 is 33.2 Å². The number of carbonyl (C=O) groups excluding carboxylic acids is 1. The molecule has 1 atom stereocenters. The molecule has 1 amide bonds. The Morgan fingerprint density at radius 1 is 1.12 bits per heavy atom. The van der Waals surface area contributed by atoms with Gasteiger partial charge in [-0.3, -0.25) is 4.79 Å². The highest BCUT2D eigenvalue weighted by molar-refractivity contribution is 7.88. The molecular formula is C18H21ClN2O4S. The van der Waals surface area contributed by atoms with Gasteiger partial charge < -0.3 is 10.1 Å². The van der Waals surface area contributed by atoms with Gasteiger partial charge in [-0.25, -0.2) is 13.1 Å². The van der Waals surface area contributed by atoms with E-state index < -0.39 is 16.1 Å². The van der Waals surface area contributed by atoms with Gasteiger partial charge in [0.25, 0.3) is 0 Å². The van der Waals surface area contributed by atoms with Crippen molar-refractivity contribution in [1.82, 2.24) is 4.72 Å². The zero-order valence-electron chi connectivity index (χ0n) is 14.5. The molecule has 0 aromatic heterocycles. The van der Waals surface area contributed by atoms with Crippen LogP contribution in [0.4, 0.5) is 5.69 Å². The first kappa shape index (κ1) is 20.2. The molecule has 140 valence electrons. The van der Waals surface area contributed by atoms with Crippen LogP contribution in [0, 0.1) is 0 Å². The summed E-state index contributed by atoms with van der Waals surface area (Å²) < 4.78 is 31.1. The van der Waals surface area contributed by atoms with Gasteiger partial charge in [0, 0.05) is 17.1 Å². The summed E-state index contributed by atoms with van der Waals surface area (Å²) >= 11 is 5.87. The van der Waals surface area contributed by atoms with Gasteiger partial charge in [0.05, 0.1) is 18.9 Å². The zero-order valence-corrected chi connectivity index (χ0v) is 16.1. The molecule has 0 saturated heterocycles. The van der Waals surface area contributed by atoms with Gasteiger partial charge >= 0.3 is 0 Å². The van der Waals surface area contributed by atoms with E-state index in [1.165, 1.54) is 0 Å². The van der Waals surface area contributed by atoms with Crippen LogP contribution in [0.15, 0.2) is 48.5 Å². The Morgan fingerprint density at radius 2 is 1.73 bits per heavy atom. The van der Waals surface area contributed by atoms with Crippen molar-refractivity contribution in [2.45, 2.75) is 19.4 Å². The number of hydrogen-bond donors (Lipinski definition) is 2. The first-order valence-electron chi connectivity index (χ1n) is 8.02. The number of carbonyl (C=O) groups is 1. The first-order chi connectivity index (χ1) is 12.3. The minimum Gasteiger partial charge on any atom is -0.494 e. The molecule has 0 aliphatic rings. The van der Waals surface area contributed by atoms with Crippen LogP contribution >= 0.6 is 11.6 Å². The fourth-order valence-corrected chi connectivity index (χ4v) is 3.24. The van der Waals surface area contributed by atoms with E-state index in [2.05, 4.69) is 10.0 Å². The van der Waals surface area contributed by atoms with E-state index in [1.807, 2.05) is 6.92 Å². The summed E-state index contributed by atoms with van der Waals surface area (Å²) in [5.74, 6) is 0.397. The number of hydrogen-bond acceptors (Lipinski definition) is 4. The van der Waals surface area contributed by atoms with E-state index >= 15 is 0 Å². The van der Waals surface area contributed by atoms with Crippen LogP contribution in [0.2, 0.25) is 5.02 Å². The lowest BCUT2D eigenvalue weighted by atomic mass is 10.0. The number of benzene rings is 2. The molecule has 0 spiro atoms. The zero-order chi connectivity index (χ0) is 19.2. The van der Waals surface area contributed by atoms with Crippen molar-refractivity contribution in [1.29, 1.82) is 0 Å². The van der Waals surface area contributed by atoms with E-state index in [0.29, 0.717) is 28.6 Å². The maximum atomic E-state index is 12.4. The van der Waals surface area contributed by atoms with Crippen LogP contribution in [-0.2, 0) is 14.8 Å². The van der Waals surface area contributed by atoms with Crippen LogP contribution in [-0.4, -0.2) is 27.2 Å². The van der Waals surface area contributed by atoms with Crippen molar-refractivity contribution in [2.75, 3.05) is 18.2 Å². The second-order valence-electron chi connectivity index (χ2n) is 5.70. The van der Waals surface area contributed by atoms with Crippen molar-refractivity contribution in [2.24, 2.45) is 0 Å². The summed E-state index contributed by atoms with van der Waals surface area (Å²) in [7, 11) is -3.49. The predicted octanol–water partition coefficient (Wildman–Crippen LogP) is 3.36. The molecule has 2 rings (SSSR count). The van der Waals surface area contributed by atoms with E-state index in [-0.39, 0.29) is 12.3 Å². The largest absolute Gasteiger partial charge is 0.494 e. The molecule has 2 aromatic rings. The number of ether oxygens (including phenoxy) is 1. The third-order valence-electron chi connectivity index (χ3n) is 3.47. The fourth-order valence-electron chi connectivity index (χ4n) is 2.38. The van der Waals surface area contributed by atoms with E-state index in [0.717, 1.165) is 6.26 Å². The molecule has 2 N–H and O–H groups in total. The molecule has 2 aromatic carbocycles. The van der Waals surface area contributed by atoms with E-state index in [1.54, 1.807) is 48.5 Å². The van der Waals surface area contributed by atoms with Gasteiger partial charge in [0.1, 0.15) is 5.75 Å². The molecule has 8 heteroatoms. The van der Waals surface area contributed by atoms with Crippen molar-refractivity contribution < 1.29 is 17.9 Å². The lowest BCUT2D eigenvalue weighted by molar-refractivity contribution is -0.116. The number of sulfonamides is 1. The average Bonchev–Trinajstić information content (AvgIpc) is 2.56. The number of halogens is 1. The fraction of sp³-hybridized carbons (Fsp3) is 0.278. The highest BCUT2D eigenvalue weighted by atomic mass is 35.5. The minimum atomic E-state index is -3.49. The normalized spacial score (nSPS) is 12.4. The van der Waals surface area contributed by atoms with Gasteiger partial charge in [0.2, 0.25) is 15.9 Å². The Kier molecular flexibility index (Phi) is 7.02. The summed E-state index contributed by atoms with van der Waals surface area (Å²) in [6.07, 6.45) is 1.00. The minimum absolute atomic E-state index is 0.0537. The van der Waals surface area contributed by atoms with Gasteiger partial charge in [-0.05, 0) is 48.9 Å². The SMILES string of the molecule is CCOc1ccc(NC(=O)C[C@@H](NS(C)(=O)=O)c2ccc(Cl)cc2)cc1. The van der Waals surface area contributed by atoms with Crippen molar-refractivity contribution in [3.63, 3.8) is 0 Å². The van der Waals surface area contributed by atoms with Gasteiger partial charge in [-0.2, -0.15) is 0 Å². The highest BCUT2D eigenvalue weighted by Crippen LogP contribution is 2.22. The van der Waals surface area contributed by atoms with Gasteiger partial charge in [-0.1, -0.05) is 23.7 Å². The Balaban J connectivity index is 2.08. The molecule has 0 radical (unpaired) electrons. The van der Waals surface area contributed by atoms with Crippen LogP contribution in [0.25, 0.3) is 0 Å².